The molecule has 0 radical (unpaired) electrons. The summed E-state index contributed by atoms with van der Waals surface area (Å²) < 4.78 is 38.1. The van der Waals surface area contributed by atoms with E-state index >= 15 is 0 Å². The molecule has 0 spiro atoms. The second kappa shape index (κ2) is 4.03. The molecule has 0 bridgehead atoms. The van der Waals surface area contributed by atoms with E-state index in [-0.39, 0.29) is 17.1 Å². The van der Waals surface area contributed by atoms with E-state index in [0.717, 1.165) is 10.9 Å². The minimum atomic E-state index is -4.49. The first kappa shape index (κ1) is 11.9. The van der Waals surface area contributed by atoms with Gasteiger partial charge in [0.2, 0.25) is 0 Å². The highest BCUT2D eigenvalue weighted by molar-refractivity contribution is 5.62. The quantitative estimate of drug-likeness (QED) is 0.839. The number of anilines is 1. The number of rotatable bonds is 1. The summed E-state index contributed by atoms with van der Waals surface area (Å²) in [5.41, 5.74) is 4.82. The van der Waals surface area contributed by atoms with Gasteiger partial charge in [0.25, 0.3) is 0 Å². The van der Waals surface area contributed by atoms with Crippen molar-refractivity contribution in [1.29, 1.82) is 5.26 Å². The van der Waals surface area contributed by atoms with E-state index in [1.807, 2.05) is 6.07 Å². The smallest absolute Gasteiger partial charge is 0.395 e. The van der Waals surface area contributed by atoms with Crippen LogP contribution in [-0.4, -0.2) is 14.8 Å². The number of nitrogens with two attached hydrogens (primary N) is 1. The van der Waals surface area contributed by atoms with E-state index in [2.05, 4.69) is 10.1 Å². The third kappa shape index (κ3) is 1.98. The molecular weight excluding hydrogens is 247 g/mol. The minimum Gasteiger partial charge on any atom is -0.395 e. The third-order valence-corrected chi connectivity index (χ3v) is 2.22. The number of alkyl halides is 3. The van der Waals surface area contributed by atoms with Gasteiger partial charge >= 0.3 is 6.18 Å². The number of pyridine rings is 1. The van der Waals surface area contributed by atoms with Crippen molar-refractivity contribution in [2.24, 2.45) is 0 Å². The van der Waals surface area contributed by atoms with E-state index in [9.17, 15) is 13.2 Å². The monoisotopic (exact) mass is 253 g/mol. The zero-order valence-corrected chi connectivity index (χ0v) is 8.81. The van der Waals surface area contributed by atoms with Gasteiger partial charge in [0.1, 0.15) is 6.07 Å². The lowest BCUT2D eigenvalue weighted by atomic mass is 10.2. The molecule has 0 saturated carbocycles. The summed E-state index contributed by atoms with van der Waals surface area (Å²) in [5.74, 6) is -0.00968. The van der Waals surface area contributed by atoms with Crippen LogP contribution in [0.25, 0.3) is 5.82 Å². The van der Waals surface area contributed by atoms with E-state index in [1.165, 1.54) is 12.3 Å². The molecule has 18 heavy (non-hydrogen) atoms. The Bertz CT molecular complexity index is 623. The van der Waals surface area contributed by atoms with Crippen LogP contribution in [0, 0.1) is 11.3 Å². The van der Waals surface area contributed by atoms with Crippen LogP contribution in [0.4, 0.5) is 18.9 Å². The van der Waals surface area contributed by atoms with Crippen LogP contribution in [0.5, 0.6) is 0 Å². The molecule has 0 aliphatic carbocycles. The summed E-state index contributed by atoms with van der Waals surface area (Å²) in [5, 5.41) is 12.3. The summed E-state index contributed by atoms with van der Waals surface area (Å²) >= 11 is 0. The number of nitrogens with zero attached hydrogens (tertiary/aromatic N) is 4. The van der Waals surface area contributed by atoms with Gasteiger partial charge in [-0.25, -0.2) is 9.67 Å². The second-order valence-electron chi connectivity index (χ2n) is 3.38. The van der Waals surface area contributed by atoms with Gasteiger partial charge < -0.3 is 5.73 Å². The van der Waals surface area contributed by atoms with Crippen molar-refractivity contribution in [2.75, 3.05) is 5.73 Å². The first-order chi connectivity index (χ1) is 8.43. The van der Waals surface area contributed by atoms with Crippen molar-refractivity contribution >= 4 is 5.69 Å². The molecule has 2 heterocycles. The maximum atomic E-state index is 12.4. The zero-order valence-electron chi connectivity index (χ0n) is 8.81. The van der Waals surface area contributed by atoms with Crippen LogP contribution >= 0.6 is 0 Å². The lowest BCUT2D eigenvalue weighted by Crippen LogP contribution is -2.06. The van der Waals surface area contributed by atoms with Gasteiger partial charge in [-0.05, 0) is 6.07 Å². The Morgan fingerprint density at radius 1 is 1.39 bits per heavy atom. The Morgan fingerprint density at radius 2 is 2.11 bits per heavy atom. The SMILES string of the molecule is N#Cc1ccnc(-n2cc(C(F)(F)F)cn2)c1N. The number of nitriles is 1. The fourth-order valence-corrected chi connectivity index (χ4v) is 1.33. The van der Waals surface area contributed by atoms with E-state index < -0.39 is 11.7 Å². The topological polar surface area (TPSA) is 80.5 Å². The summed E-state index contributed by atoms with van der Waals surface area (Å²) in [6.07, 6.45) is -1.78. The molecule has 8 heteroatoms. The number of hydrogen-bond donors (Lipinski definition) is 1. The fourth-order valence-electron chi connectivity index (χ4n) is 1.33. The van der Waals surface area contributed by atoms with Crippen LogP contribution in [0.1, 0.15) is 11.1 Å². The van der Waals surface area contributed by atoms with Gasteiger partial charge in [0.15, 0.2) is 5.82 Å². The average molecular weight is 253 g/mol. The Balaban J connectivity index is 2.51. The highest BCUT2D eigenvalue weighted by Gasteiger charge is 2.32. The lowest BCUT2D eigenvalue weighted by molar-refractivity contribution is -0.137. The summed E-state index contributed by atoms with van der Waals surface area (Å²) in [6, 6.07) is 3.18. The summed E-state index contributed by atoms with van der Waals surface area (Å²) in [6.45, 7) is 0. The minimum absolute atomic E-state index is 0.00968. The molecular formula is C10H6F3N5. The lowest BCUT2D eigenvalue weighted by Gasteiger charge is -2.05. The fraction of sp³-hybridized carbons (Fsp3) is 0.100. The molecule has 0 atom stereocenters. The number of aromatic nitrogens is 3. The van der Waals surface area contributed by atoms with Gasteiger partial charge in [0, 0.05) is 12.4 Å². The molecule has 92 valence electrons. The zero-order chi connectivity index (χ0) is 13.3. The molecule has 0 aliphatic rings. The molecule has 0 aromatic carbocycles. The predicted octanol–water partition coefficient (Wildman–Crippen LogP) is 1.74. The van der Waals surface area contributed by atoms with Crippen LogP contribution in [0.3, 0.4) is 0 Å². The molecule has 2 rings (SSSR count). The van der Waals surface area contributed by atoms with Crippen molar-refractivity contribution in [2.45, 2.75) is 6.18 Å². The Labute approximate surface area is 99.3 Å². The van der Waals surface area contributed by atoms with Gasteiger partial charge in [0.05, 0.1) is 23.0 Å². The number of hydrogen-bond acceptors (Lipinski definition) is 4. The highest BCUT2D eigenvalue weighted by Crippen LogP contribution is 2.29. The molecule has 2 aromatic rings. The molecule has 0 amide bonds. The largest absolute Gasteiger partial charge is 0.419 e. The van der Waals surface area contributed by atoms with Crippen molar-refractivity contribution < 1.29 is 13.2 Å². The van der Waals surface area contributed by atoms with E-state index in [0.29, 0.717) is 6.20 Å². The van der Waals surface area contributed by atoms with Crippen LogP contribution in [0.2, 0.25) is 0 Å². The first-order valence-corrected chi connectivity index (χ1v) is 4.70. The normalized spacial score (nSPS) is 11.2. The third-order valence-electron chi connectivity index (χ3n) is 2.22. The van der Waals surface area contributed by atoms with Gasteiger partial charge in [-0.2, -0.15) is 23.5 Å². The highest BCUT2D eigenvalue weighted by atomic mass is 19.4. The second-order valence-corrected chi connectivity index (χ2v) is 3.38. The van der Waals surface area contributed by atoms with Gasteiger partial charge in [-0.1, -0.05) is 0 Å². The summed E-state index contributed by atoms with van der Waals surface area (Å²) in [7, 11) is 0. The van der Waals surface area contributed by atoms with Crippen molar-refractivity contribution in [3.8, 4) is 11.9 Å². The standard InChI is InChI=1S/C10H6F3N5/c11-10(12,13)7-4-17-18(5-7)9-8(15)6(3-14)1-2-16-9/h1-2,4-5H,15H2. The van der Waals surface area contributed by atoms with Crippen molar-refractivity contribution in [3.05, 3.63) is 35.8 Å². The van der Waals surface area contributed by atoms with Gasteiger partial charge in [-0.3, -0.25) is 0 Å². The molecule has 5 nitrogen and oxygen atoms in total. The Kier molecular flexibility index (Phi) is 2.67. The predicted molar refractivity (Wildman–Crippen MR) is 55.5 cm³/mol. The van der Waals surface area contributed by atoms with Crippen molar-refractivity contribution in [1.82, 2.24) is 14.8 Å². The Morgan fingerprint density at radius 3 is 2.67 bits per heavy atom. The van der Waals surface area contributed by atoms with Crippen LogP contribution in [0.15, 0.2) is 24.7 Å². The molecule has 2 aromatic heterocycles. The number of nitrogen functional groups attached to an aromatic ring is 1. The molecule has 0 aliphatic heterocycles. The average Bonchev–Trinajstić information content (AvgIpc) is 2.78. The number of halogens is 3. The molecule has 0 saturated heterocycles. The van der Waals surface area contributed by atoms with Crippen LogP contribution < -0.4 is 5.73 Å². The molecule has 0 unspecified atom stereocenters. The molecule has 2 N–H and O–H groups in total. The maximum Gasteiger partial charge on any atom is 0.419 e. The Hall–Kier alpha value is -2.56. The first-order valence-electron chi connectivity index (χ1n) is 4.70. The summed E-state index contributed by atoms with van der Waals surface area (Å²) in [4.78, 5) is 3.81. The van der Waals surface area contributed by atoms with Crippen LogP contribution in [-0.2, 0) is 6.18 Å². The van der Waals surface area contributed by atoms with Crippen molar-refractivity contribution in [3.63, 3.8) is 0 Å². The van der Waals surface area contributed by atoms with E-state index in [4.69, 9.17) is 11.0 Å². The van der Waals surface area contributed by atoms with Gasteiger partial charge in [-0.15, -0.1) is 0 Å². The molecule has 0 fully saturated rings. The maximum absolute atomic E-state index is 12.4. The van der Waals surface area contributed by atoms with E-state index in [1.54, 1.807) is 0 Å².